The molecule has 0 aromatic carbocycles. The van der Waals surface area contributed by atoms with Crippen LogP contribution in [0.2, 0.25) is 0 Å². The molecule has 0 radical (unpaired) electrons. The molecule has 1 aromatic rings. The Labute approximate surface area is 233 Å². The lowest BCUT2D eigenvalue weighted by Gasteiger charge is -2.36. The molecule has 1 atom stereocenters. The average Bonchev–Trinajstić information content (AvgIpc) is 3.17. The number of esters is 1. The second kappa shape index (κ2) is 13.9. The van der Waals surface area contributed by atoms with E-state index in [1.54, 1.807) is 29.4 Å². The molecule has 0 bridgehead atoms. The first-order valence-corrected chi connectivity index (χ1v) is 14.4. The van der Waals surface area contributed by atoms with Crippen LogP contribution in [0.5, 0.6) is 0 Å². The average molecular weight is 561 g/mol. The third-order valence-electron chi connectivity index (χ3n) is 6.66. The normalized spacial score (nSPS) is 18.8. The van der Waals surface area contributed by atoms with Gasteiger partial charge in [-0.25, -0.2) is 0 Å². The van der Waals surface area contributed by atoms with Crippen molar-refractivity contribution in [2.24, 2.45) is 5.92 Å². The second-order valence-corrected chi connectivity index (χ2v) is 10.9. The van der Waals surface area contributed by atoms with Crippen molar-refractivity contribution in [3.63, 3.8) is 0 Å². The fourth-order valence-corrected chi connectivity index (χ4v) is 6.12. The largest absolute Gasteiger partial charge is 0.466 e. The summed E-state index contributed by atoms with van der Waals surface area (Å²) in [5.74, 6) is -0.136. The highest BCUT2D eigenvalue weighted by Gasteiger charge is 2.34. The number of amides is 1. The van der Waals surface area contributed by atoms with E-state index in [0.29, 0.717) is 91.4 Å². The lowest BCUT2D eigenvalue weighted by molar-refractivity contribution is -0.148. The standard InChI is InChI=1S/C27H36N4O5S2/c1-5-11-30-23(29-12-8-10-19(17-29)26(34)36-7-3)20(18(4)21(16-28)24(30)32)15-22-25(33)31(27(37)38-22)13-9-14-35-6-2/h15,19H,5-14,17H2,1-4H3. The van der Waals surface area contributed by atoms with E-state index in [9.17, 15) is 19.6 Å². The van der Waals surface area contributed by atoms with Crippen molar-refractivity contribution in [1.82, 2.24) is 9.47 Å². The number of carbonyl (C=O) groups excluding carboxylic acids is 2. The van der Waals surface area contributed by atoms with Crippen LogP contribution in [0.1, 0.15) is 63.1 Å². The minimum atomic E-state index is -0.360. The quantitative estimate of drug-likeness (QED) is 0.173. The second-order valence-electron chi connectivity index (χ2n) is 9.23. The molecular formula is C27H36N4O5S2. The number of carbonyl (C=O) groups is 2. The van der Waals surface area contributed by atoms with Crippen LogP contribution in [0.3, 0.4) is 0 Å². The maximum atomic E-state index is 13.4. The fourth-order valence-electron chi connectivity index (χ4n) is 4.83. The van der Waals surface area contributed by atoms with Crippen LogP contribution in [-0.2, 0) is 25.6 Å². The summed E-state index contributed by atoms with van der Waals surface area (Å²) in [5, 5.41) is 9.86. The number of hydrogen-bond acceptors (Lipinski definition) is 9. The molecule has 0 spiro atoms. The van der Waals surface area contributed by atoms with Crippen molar-refractivity contribution in [2.75, 3.05) is 44.4 Å². The Balaban J connectivity index is 2.10. The van der Waals surface area contributed by atoms with E-state index in [1.165, 1.54) is 11.8 Å². The zero-order valence-corrected chi connectivity index (χ0v) is 24.2. The molecule has 38 heavy (non-hydrogen) atoms. The molecule has 0 N–H and O–H groups in total. The number of rotatable bonds is 11. The lowest BCUT2D eigenvalue weighted by atomic mass is 9.96. The summed E-state index contributed by atoms with van der Waals surface area (Å²) in [5.41, 5.74) is 0.842. The van der Waals surface area contributed by atoms with Crippen molar-refractivity contribution >= 4 is 52.1 Å². The van der Waals surface area contributed by atoms with Gasteiger partial charge in [0.2, 0.25) is 0 Å². The molecule has 9 nitrogen and oxygen atoms in total. The predicted octanol–water partition coefficient (Wildman–Crippen LogP) is 3.85. The number of thioether (sulfide) groups is 1. The monoisotopic (exact) mass is 560 g/mol. The van der Waals surface area contributed by atoms with Gasteiger partial charge in [0.25, 0.3) is 11.5 Å². The SMILES string of the molecule is CCCn1c(N2CCCC(C(=O)OCC)C2)c(C=C2SC(=S)N(CCCOCC)C2=O)c(C)c(C#N)c1=O. The Morgan fingerprint density at radius 3 is 2.66 bits per heavy atom. The third-order valence-corrected chi connectivity index (χ3v) is 8.04. The van der Waals surface area contributed by atoms with E-state index < -0.39 is 0 Å². The number of hydrogen-bond donors (Lipinski definition) is 0. The van der Waals surface area contributed by atoms with Crippen molar-refractivity contribution < 1.29 is 19.1 Å². The summed E-state index contributed by atoms with van der Waals surface area (Å²) in [6.07, 6.45) is 4.56. The van der Waals surface area contributed by atoms with Gasteiger partial charge in [0.05, 0.1) is 17.4 Å². The van der Waals surface area contributed by atoms with Crippen LogP contribution < -0.4 is 10.5 Å². The van der Waals surface area contributed by atoms with Crippen molar-refractivity contribution in [3.8, 4) is 6.07 Å². The van der Waals surface area contributed by atoms with Crippen LogP contribution in [0.15, 0.2) is 9.70 Å². The van der Waals surface area contributed by atoms with Gasteiger partial charge in [-0.1, -0.05) is 30.9 Å². The molecular weight excluding hydrogens is 524 g/mol. The molecule has 2 saturated heterocycles. The highest BCUT2D eigenvalue weighted by atomic mass is 32.2. The molecule has 2 aliphatic rings. The summed E-state index contributed by atoms with van der Waals surface area (Å²) >= 11 is 6.72. The number of piperidine rings is 1. The molecule has 206 valence electrons. The maximum absolute atomic E-state index is 13.4. The molecule has 1 amide bonds. The molecule has 3 rings (SSSR count). The minimum Gasteiger partial charge on any atom is -0.466 e. The Morgan fingerprint density at radius 2 is 2.00 bits per heavy atom. The Kier molecular flexibility index (Phi) is 10.9. The van der Waals surface area contributed by atoms with Gasteiger partial charge in [-0.2, -0.15) is 5.26 Å². The van der Waals surface area contributed by atoms with E-state index in [0.717, 1.165) is 6.42 Å². The molecule has 1 unspecified atom stereocenters. The highest BCUT2D eigenvalue weighted by Crippen LogP contribution is 2.37. The van der Waals surface area contributed by atoms with E-state index >= 15 is 0 Å². The summed E-state index contributed by atoms with van der Waals surface area (Å²) in [7, 11) is 0. The zero-order chi connectivity index (χ0) is 27.8. The first kappa shape index (κ1) is 29.9. The molecule has 2 aliphatic heterocycles. The van der Waals surface area contributed by atoms with Gasteiger partial charge in [-0.05, 0) is 58.1 Å². The van der Waals surface area contributed by atoms with Gasteiger partial charge in [0.15, 0.2) is 0 Å². The van der Waals surface area contributed by atoms with Gasteiger partial charge in [0.1, 0.15) is 21.8 Å². The molecule has 11 heteroatoms. The van der Waals surface area contributed by atoms with E-state index in [2.05, 4.69) is 6.07 Å². The zero-order valence-electron chi connectivity index (χ0n) is 22.6. The van der Waals surface area contributed by atoms with Gasteiger partial charge >= 0.3 is 5.97 Å². The maximum Gasteiger partial charge on any atom is 0.310 e. The summed E-state index contributed by atoms with van der Waals surface area (Å²) in [4.78, 5) is 43.4. The fraction of sp³-hybridized carbons (Fsp3) is 0.593. The van der Waals surface area contributed by atoms with Crippen LogP contribution in [0.4, 0.5) is 5.82 Å². The van der Waals surface area contributed by atoms with Crippen LogP contribution in [0.25, 0.3) is 6.08 Å². The molecule has 0 saturated carbocycles. The van der Waals surface area contributed by atoms with Crippen molar-refractivity contribution in [3.05, 3.63) is 31.9 Å². The van der Waals surface area contributed by atoms with Gasteiger partial charge < -0.3 is 14.4 Å². The van der Waals surface area contributed by atoms with E-state index in [-0.39, 0.29) is 28.9 Å². The van der Waals surface area contributed by atoms with Crippen LogP contribution in [0, 0.1) is 24.2 Å². The topological polar surface area (TPSA) is 105 Å². The number of aromatic nitrogens is 1. The third kappa shape index (κ3) is 6.47. The van der Waals surface area contributed by atoms with E-state index in [4.69, 9.17) is 21.7 Å². The van der Waals surface area contributed by atoms with Crippen LogP contribution in [-0.4, -0.2) is 65.1 Å². The Morgan fingerprint density at radius 1 is 1.24 bits per heavy atom. The Bertz CT molecular complexity index is 1200. The first-order valence-electron chi connectivity index (χ1n) is 13.2. The van der Waals surface area contributed by atoms with Gasteiger partial charge in [0, 0.05) is 45.0 Å². The van der Waals surface area contributed by atoms with Gasteiger partial charge in [-0.15, -0.1) is 0 Å². The minimum absolute atomic E-state index is 0.0552. The number of pyridine rings is 1. The van der Waals surface area contributed by atoms with Crippen molar-refractivity contribution in [1.29, 1.82) is 5.26 Å². The first-order chi connectivity index (χ1) is 18.3. The number of nitriles is 1. The molecule has 2 fully saturated rings. The van der Waals surface area contributed by atoms with E-state index in [1.807, 2.05) is 18.7 Å². The molecule has 0 aliphatic carbocycles. The molecule has 3 heterocycles. The summed E-state index contributed by atoms with van der Waals surface area (Å²) < 4.78 is 12.8. The number of anilines is 1. The summed E-state index contributed by atoms with van der Waals surface area (Å²) in [6.45, 7) is 10.8. The van der Waals surface area contributed by atoms with Crippen LogP contribution >= 0.6 is 24.0 Å². The highest BCUT2D eigenvalue weighted by molar-refractivity contribution is 8.26. The number of thiocarbonyl (C=S) groups is 1. The number of nitrogens with zero attached hydrogens (tertiary/aromatic N) is 4. The lowest BCUT2D eigenvalue weighted by Crippen LogP contribution is -2.43. The molecule has 1 aromatic heterocycles. The summed E-state index contributed by atoms with van der Waals surface area (Å²) in [6, 6.07) is 2.07. The van der Waals surface area contributed by atoms with Crippen molar-refractivity contribution in [2.45, 2.75) is 59.9 Å². The Hall–Kier alpha value is -2.68. The predicted molar refractivity (Wildman–Crippen MR) is 153 cm³/mol. The smallest absolute Gasteiger partial charge is 0.310 e. The number of ether oxygens (including phenoxy) is 2. The van der Waals surface area contributed by atoms with Gasteiger partial charge in [-0.3, -0.25) is 23.9 Å².